The Hall–Kier alpha value is -3.21. The molecule has 0 spiro atoms. The molecule has 3 aromatic rings. The van der Waals surface area contributed by atoms with E-state index in [9.17, 15) is 4.79 Å². The van der Waals surface area contributed by atoms with E-state index in [2.05, 4.69) is 36.1 Å². The van der Waals surface area contributed by atoms with Crippen molar-refractivity contribution in [2.75, 3.05) is 24.5 Å². The third-order valence-electron chi connectivity index (χ3n) is 6.70. The summed E-state index contributed by atoms with van der Waals surface area (Å²) in [6.07, 6.45) is 3.95. The van der Waals surface area contributed by atoms with Gasteiger partial charge in [0.2, 0.25) is 5.91 Å². The van der Waals surface area contributed by atoms with Crippen LogP contribution in [0.4, 0.5) is 5.82 Å². The molecule has 5 rings (SSSR count). The molecule has 3 heterocycles. The molecule has 1 fully saturated rings. The summed E-state index contributed by atoms with van der Waals surface area (Å²) in [5.74, 6) is 1.93. The van der Waals surface area contributed by atoms with Gasteiger partial charge in [-0.05, 0) is 24.8 Å². The lowest BCUT2D eigenvalue weighted by atomic mass is 9.93. The van der Waals surface area contributed by atoms with Crippen molar-refractivity contribution in [3.8, 4) is 11.4 Å². The van der Waals surface area contributed by atoms with Gasteiger partial charge in [-0.1, -0.05) is 67.6 Å². The molecule has 2 aromatic carbocycles. The normalized spacial score (nSPS) is 16.7. The van der Waals surface area contributed by atoms with Crippen LogP contribution in [0.3, 0.4) is 0 Å². The second-order valence-electron chi connectivity index (χ2n) is 8.74. The standard InChI is InChI=1S/C27H30N4O/c1-2-22(20-11-5-3-6-12-20)27(32)31-18-15-24-23(19-31)26(30-16-9-10-17-30)29-25(28-24)21-13-7-4-8-14-21/h3-8,11-14,22H,2,9-10,15-19H2,1H3/t22-/m1/s1. The third kappa shape index (κ3) is 3.99. The lowest BCUT2D eigenvalue weighted by Gasteiger charge is -2.34. The van der Waals surface area contributed by atoms with E-state index >= 15 is 0 Å². The average Bonchev–Trinajstić information content (AvgIpc) is 3.39. The summed E-state index contributed by atoms with van der Waals surface area (Å²) in [4.78, 5) is 27.9. The van der Waals surface area contributed by atoms with E-state index in [4.69, 9.17) is 9.97 Å². The fourth-order valence-corrected chi connectivity index (χ4v) is 4.95. The second-order valence-corrected chi connectivity index (χ2v) is 8.74. The Morgan fingerprint density at radius 1 is 0.938 bits per heavy atom. The van der Waals surface area contributed by atoms with Gasteiger partial charge in [-0.3, -0.25) is 4.79 Å². The van der Waals surface area contributed by atoms with E-state index in [-0.39, 0.29) is 11.8 Å². The summed E-state index contributed by atoms with van der Waals surface area (Å²) in [7, 11) is 0. The Morgan fingerprint density at radius 3 is 2.31 bits per heavy atom. The van der Waals surface area contributed by atoms with E-state index in [0.717, 1.165) is 60.0 Å². The molecule has 164 valence electrons. The predicted octanol–water partition coefficient (Wildman–Crippen LogP) is 4.82. The number of carbonyl (C=O) groups is 1. The highest BCUT2D eigenvalue weighted by atomic mass is 16.2. The van der Waals surface area contributed by atoms with Crippen molar-refractivity contribution in [1.82, 2.24) is 14.9 Å². The van der Waals surface area contributed by atoms with Crippen LogP contribution in [0.5, 0.6) is 0 Å². The van der Waals surface area contributed by atoms with E-state index in [0.29, 0.717) is 13.1 Å². The highest BCUT2D eigenvalue weighted by molar-refractivity contribution is 5.84. The molecule has 0 bridgehead atoms. The van der Waals surface area contributed by atoms with Crippen LogP contribution in [0.2, 0.25) is 0 Å². The summed E-state index contributed by atoms with van der Waals surface area (Å²) in [6.45, 7) is 5.44. The summed E-state index contributed by atoms with van der Waals surface area (Å²) < 4.78 is 0. The monoisotopic (exact) mass is 426 g/mol. The topological polar surface area (TPSA) is 49.3 Å². The number of hydrogen-bond acceptors (Lipinski definition) is 4. The summed E-state index contributed by atoms with van der Waals surface area (Å²) in [6, 6.07) is 20.4. The van der Waals surface area contributed by atoms with Crippen molar-refractivity contribution in [1.29, 1.82) is 0 Å². The van der Waals surface area contributed by atoms with E-state index in [1.54, 1.807) is 0 Å². The van der Waals surface area contributed by atoms with Gasteiger partial charge in [-0.2, -0.15) is 0 Å². The molecule has 5 heteroatoms. The number of hydrogen-bond donors (Lipinski definition) is 0. The van der Waals surface area contributed by atoms with Gasteiger partial charge < -0.3 is 9.80 Å². The van der Waals surface area contributed by atoms with Crippen LogP contribution in [0.15, 0.2) is 60.7 Å². The lowest BCUT2D eigenvalue weighted by molar-refractivity contribution is -0.133. The van der Waals surface area contributed by atoms with E-state index < -0.39 is 0 Å². The van der Waals surface area contributed by atoms with Crippen molar-refractivity contribution in [3.05, 3.63) is 77.5 Å². The number of amides is 1. The van der Waals surface area contributed by atoms with E-state index in [1.807, 2.05) is 41.3 Å². The first-order valence-corrected chi connectivity index (χ1v) is 11.8. The van der Waals surface area contributed by atoms with Crippen molar-refractivity contribution in [3.63, 3.8) is 0 Å². The minimum Gasteiger partial charge on any atom is -0.356 e. The number of carbonyl (C=O) groups excluding carboxylic acids is 1. The summed E-state index contributed by atoms with van der Waals surface area (Å²) in [5, 5.41) is 0. The van der Waals surface area contributed by atoms with Crippen LogP contribution in [0, 0.1) is 0 Å². The largest absolute Gasteiger partial charge is 0.356 e. The van der Waals surface area contributed by atoms with Crippen molar-refractivity contribution in [2.45, 2.75) is 45.1 Å². The number of anilines is 1. The van der Waals surface area contributed by atoms with Gasteiger partial charge in [0.1, 0.15) is 5.82 Å². The molecule has 5 nitrogen and oxygen atoms in total. The minimum absolute atomic E-state index is 0.0995. The fraction of sp³-hybridized carbons (Fsp3) is 0.370. The Kier molecular flexibility index (Phi) is 5.89. The number of rotatable bonds is 5. The number of benzene rings is 2. The zero-order valence-electron chi connectivity index (χ0n) is 18.7. The molecule has 0 unspecified atom stereocenters. The molecule has 0 radical (unpaired) electrons. The molecular formula is C27H30N4O. The number of aromatic nitrogens is 2. The first kappa shape index (κ1) is 20.7. The Morgan fingerprint density at radius 2 is 1.62 bits per heavy atom. The smallest absolute Gasteiger partial charge is 0.230 e. The van der Waals surface area contributed by atoms with Crippen molar-refractivity contribution < 1.29 is 4.79 Å². The van der Waals surface area contributed by atoms with Gasteiger partial charge in [0.05, 0.1) is 18.2 Å². The van der Waals surface area contributed by atoms with Gasteiger partial charge in [0, 0.05) is 37.2 Å². The van der Waals surface area contributed by atoms with Crippen LogP contribution in [-0.4, -0.2) is 40.4 Å². The molecule has 0 saturated carbocycles. The minimum atomic E-state index is -0.0995. The maximum Gasteiger partial charge on any atom is 0.230 e. The van der Waals surface area contributed by atoms with Crippen LogP contribution >= 0.6 is 0 Å². The SMILES string of the molecule is CC[C@@H](C(=O)N1CCc2nc(-c3ccccc3)nc(N3CCCC3)c2C1)c1ccccc1. The molecule has 1 atom stereocenters. The van der Waals surface area contributed by atoms with Crippen LogP contribution < -0.4 is 4.90 Å². The molecule has 1 saturated heterocycles. The Labute approximate surface area is 190 Å². The first-order valence-electron chi connectivity index (χ1n) is 11.8. The Bertz CT molecular complexity index is 1080. The summed E-state index contributed by atoms with van der Waals surface area (Å²) >= 11 is 0. The van der Waals surface area contributed by atoms with Crippen LogP contribution in [0.1, 0.15) is 48.9 Å². The molecule has 0 aliphatic carbocycles. The molecular weight excluding hydrogens is 396 g/mol. The maximum absolute atomic E-state index is 13.5. The van der Waals surface area contributed by atoms with Crippen LogP contribution in [0.25, 0.3) is 11.4 Å². The van der Waals surface area contributed by atoms with E-state index in [1.165, 1.54) is 12.8 Å². The predicted molar refractivity (Wildman–Crippen MR) is 128 cm³/mol. The van der Waals surface area contributed by atoms with Crippen molar-refractivity contribution in [2.24, 2.45) is 0 Å². The van der Waals surface area contributed by atoms with Gasteiger partial charge in [-0.15, -0.1) is 0 Å². The zero-order chi connectivity index (χ0) is 21.9. The summed E-state index contributed by atoms with van der Waals surface area (Å²) in [5.41, 5.74) is 4.37. The number of fused-ring (bicyclic) bond motifs is 1. The molecule has 2 aliphatic heterocycles. The molecule has 0 N–H and O–H groups in total. The first-order chi connectivity index (χ1) is 15.7. The van der Waals surface area contributed by atoms with Gasteiger partial charge in [-0.25, -0.2) is 9.97 Å². The fourth-order valence-electron chi connectivity index (χ4n) is 4.95. The second kappa shape index (κ2) is 9.11. The number of nitrogens with zero attached hydrogens (tertiary/aromatic N) is 4. The molecule has 2 aliphatic rings. The van der Waals surface area contributed by atoms with Crippen molar-refractivity contribution >= 4 is 11.7 Å². The third-order valence-corrected chi connectivity index (χ3v) is 6.70. The maximum atomic E-state index is 13.5. The molecule has 32 heavy (non-hydrogen) atoms. The average molecular weight is 427 g/mol. The lowest BCUT2D eigenvalue weighted by Crippen LogP contribution is -2.40. The molecule has 1 aromatic heterocycles. The van der Waals surface area contributed by atoms with Crippen LogP contribution in [-0.2, 0) is 17.8 Å². The molecule has 1 amide bonds. The van der Waals surface area contributed by atoms with Gasteiger partial charge in [0.15, 0.2) is 5.82 Å². The highest BCUT2D eigenvalue weighted by Crippen LogP contribution is 2.33. The Balaban J connectivity index is 1.48. The van der Waals surface area contributed by atoms with Gasteiger partial charge >= 0.3 is 0 Å². The van der Waals surface area contributed by atoms with Gasteiger partial charge in [0.25, 0.3) is 0 Å². The zero-order valence-corrected chi connectivity index (χ0v) is 18.7. The quantitative estimate of drug-likeness (QED) is 0.587. The highest BCUT2D eigenvalue weighted by Gasteiger charge is 2.31.